The second kappa shape index (κ2) is 6.54. The number of nitrogens with zero attached hydrogens (tertiary/aromatic N) is 3. The lowest BCUT2D eigenvalue weighted by Gasteiger charge is -2.06. The van der Waals surface area contributed by atoms with E-state index in [1.54, 1.807) is 4.40 Å². The first-order valence-corrected chi connectivity index (χ1v) is 9.15. The quantitative estimate of drug-likeness (QED) is 0.686. The van der Waals surface area contributed by atoms with Gasteiger partial charge in [0.05, 0.1) is 11.8 Å². The van der Waals surface area contributed by atoms with Gasteiger partial charge in [0.2, 0.25) is 0 Å². The van der Waals surface area contributed by atoms with Gasteiger partial charge in [0.25, 0.3) is 5.56 Å². The fraction of sp³-hybridized carbons (Fsp3) is 0.316. The molecule has 7 heteroatoms. The lowest BCUT2D eigenvalue weighted by molar-refractivity contribution is 0.301. The molecule has 0 radical (unpaired) electrons. The van der Waals surface area contributed by atoms with Gasteiger partial charge in [-0.2, -0.15) is 5.26 Å². The number of benzene rings is 1. The Bertz CT molecular complexity index is 1070. The van der Waals surface area contributed by atoms with Gasteiger partial charge in [0.1, 0.15) is 18.2 Å². The highest BCUT2D eigenvalue weighted by Gasteiger charge is 2.41. The van der Waals surface area contributed by atoms with Crippen LogP contribution in [0.5, 0.6) is 5.75 Å². The van der Waals surface area contributed by atoms with E-state index >= 15 is 0 Å². The molecule has 0 bridgehead atoms. The standard InChI is InChI=1S/C19H16FN3O2S/c1-11-18(16-8-12(16)6-7-21)23-17(24)9-14(22-19(23)26-11)10-25-15-4-2-13(20)3-5-15/h2-5,9,12,16H,6,8,10H2,1H3/t12-,16-/m1/s1. The first kappa shape index (κ1) is 16.7. The summed E-state index contributed by atoms with van der Waals surface area (Å²) in [5.41, 5.74) is 1.40. The molecular formula is C19H16FN3O2S. The molecule has 0 amide bonds. The van der Waals surface area contributed by atoms with E-state index in [-0.39, 0.29) is 23.9 Å². The summed E-state index contributed by atoms with van der Waals surface area (Å²) in [4.78, 5) is 18.9. The van der Waals surface area contributed by atoms with Gasteiger partial charge >= 0.3 is 0 Å². The minimum Gasteiger partial charge on any atom is -0.487 e. The third kappa shape index (κ3) is 3.08. The Hall–Kier alpha value is -2.72. The lowest BCUT2D eigenvalue weighted by Crippen LogP contribution is -2.17. The van der Waals surface area contributed by atoms with Crippen LogP contribution in [0.3, 0.4) is 0 Å². The SMILES string of the molecule is Cc1sc2nc(COc3ccc(F)cc3)cc(=O)n2c1[C@@H]1C[C@H]1CC#N. The van der Waals surface area contributed by atoms with Crippen molar-refractivity contribution in [2.45, 2.75) is 32.3 Å². The highest BCUT2D eigenvalue weighted by atomic mass is 32.1. The Kier molecular flexibility index (Phi) is 4.21. The van der Waals surface area contributed by atoms with E-state index in [1.807, 2.05) is 6.92 Å². The molecule has 26 heavy (non-hydrogen) atoms. The molecule has 0 spiro atoms. The highest BCUT2D eigenvalue weighted by Crippen LogP contribution is 2.51. The van der Waals surface area contributed by atoms with Crippen molar-refractivity contribution in [1.29, 1.82) is 5.26 Å². The lowest BCUT2D eigenvalue weighted by atomic mass is 10.2. The molecule has 5 nitrogen and oxygen atoms in total. The van der Waals surface area contributed by atoms with Crippen LogP contribution in [0.4, 0.5) is 4.39 Å². The number of aromatic nitrogens is 2. The van der Waals surface area contributed by atoms with Gasteiger partial charge < -0.3 is 4.74 Å². The summed E-state index contributed by atoms with van der Waals surface area (Å²) in [6.45, 7) is 2.13. The molecule has 3 aromatic rings. The van der Waals surface area contributed by atoms with E-state index in [2.05, 4.69) is 11.1 Å². The van der Waals surface area contributed by atoms with E-state index in [4.69, 9.17) is 10.00 Å². The fourth-order valence-electron chi connectivity index (χ4n) is 3.26. The Morgan fingerprint density at radius 1 is 1.42 bits per heavy atom. The van der Waals surface area contributed by atoms with Gasteiger partial charge in [0, 0.05) is 29.0 Å². The van der Waals surface area contributed by atoms with Crippen LogP contribution in [0.1, 0.15) is 35.0 Å². The second-order valence-electron chi connectivity index (χ2n) is 6.45. The molecule has 1 aliphatic rings. The van der Waals surface area contributed by atoms with Crippen molar-refractivity contribution in [3.05, 3.63) is 62.8 Å². The Morgan fingerprint density at radius 3 is 2.92 bits per heavy atom. The first-order valence-electron chi connectivity index (χ1n) is 8.34. The van der Waals surface area contributed by atoms with Gasteiger partial charge in [-0.05, 0) is 43.5 Å². The molecule has 0 saturated heterocycles. The van der Waals surface area contributed by atoms with Crippen LogP contribution in [0.25, 0.3) is 4.96 Å². The molecule has 1 aromatic carbocycles. The summed E-state index contributed by atoms with van der Waals surface area (Å²) < 4.78 is 20.2. The van der Waals surface area contributed by atoms with Crippen molar-refractivity contribution in [2.75, 3.05) is 0 Å². The van der Waals surface area contributed by atoms with Crippen LogP contribution in [0.15, 0.2) is 35.1 Å². The molecule has 2 heterocycles. The van der Waals surface area contributed by atoms with Gasteiger partial charge in [-0.1, -0.05) is 0 Å². The van der Waals surface area contributed by atoms with Crippen molar-refractivity contribution in [2.24, 2.45) is 5.92 Å². The first-order chi connectivity index (χ1) is 12.6. The molecule has 0 aliphatic heterocycles. The predicted octanol–water partition coefficient (Wildman–Crippen LogP) is 3.80. The summed E-state index contributed by atoms with van der Waals surface area (Å²) in [5, 5.41) is 8.87. The molecule has 1 fully saturated rings. The van der Waals surface area contributed by atoms with Crippen molar-refractivity contribution in [3.8, 4) is 11.8 Å². The molecule has 1 saturated carbocycles. The second-order valence-corrected chi connectivity index (χ2v) is 7.64. The fourth-order valence-corrected chi connectivity index (χ4v) is 4.32. The molecule has 2 aromatic heterocycles. The van der Waals surface area contributed by atoms with E-state index in [0.29, 0.717) is 28.7 Å². The number of ether oxygens (including phenoxy) is 1. The van der Waals surface area contributed by atoms with Gasteiger partial charge in [-0.15, -0.1) is 11.3 Å². The van der Waals surface area contributed by atoms with Crippen molar-refractivity contribution < 1.29 is 9.13 Å². The van der Waals surface area contributed by atoms with Gasteiger partial charge in [-0.25, -0.2) is 9.37 Å². The molecule has 2 atom stereocenters. The maximum absolute atomic E-state index is 12.9. The zero-order valence-corrected chi connectivity index (χ0v) is 14.9. The number of thiazole rings is 1. The number of fused-ring (bicyclic) bond motifs is 1. The summed E-state index contributed by atoms with van der Waals surface area (Å²) >= 11 is 1.48. The Labute approximate surface area is 153 Å². The molecule has 132 valence electrons. The van der Waals surface area contributed by atoms with Crippen LogP contribution in [0, 0.1) is 30.0 Å². The van der Waals surface area contributed by atoms with Crippen molar-refractivity contribution >= 4 is 16.3 Å². The number of hydrogen-bond acceptors (Lipinski definition) is 5. The topological polar surface area (TPSA) is 67.4 Å². The number of nitriles is 1. The summed E-state index contributed by atoms with van der Waals surface area (Å²) in [5.74, 6) is 0.800. The minimum absolute atomic E-state index is 0.130. The normalized spacial score (nSPS) is 18.7. The third-order valence-corrected chi connectivity index (χ3v) is 5.59. The Morgan fingerprint density at radius 2 is 2.19 bits per heavy atom. The number of hydrogen-bond donors (Lipinski definition) is 0. The Balaban J connectivity index is 1.60. The monoisotopic (exact) mass is 369 g/mol. The number of halogens is 1. The van der Waals surface area contributed by atoms with Crippen LogP contribution in [0.2, 0.25) is 0 Å². The summed E-state index contributed by atoms with van der Waals surface area (Å²) in [6, 6.07) is 9.41. The molecule has 1 aliphatic carbocycles. The maximum atomic E-state index is 12.9. The van der Waals surface area contributed by atoms with Crippen molar-refractivity contribution in [3.63, 3.8) is 0 Å². The zero-order valence-electron chi connectivity index (χ0n) is 14.1. The van der Waals surface area contributed by atoms with Crippen LogP contribution in [-0.4, -0.2) is 9.38 Å². The summed E-state index contributed by atoms with van der Waals surface area (Å²) in [6.07, 6.45) is 1.47. The van der Waals surface area contributed by atoms with E-state index in [9.17, 15) is 9.18 Å². The maximum Gasteiger partial charge on any atom is 0.259 e. The van der Waals surface area contributed by atoms with E-state index in [1.165, 1.54) is 41.7 Å². The van der Waals surface area contributed by atoms with Gasteiger partial charge in [0.15, 0.2) is 4.96 Å². The number of rotatable bonds is 5. The third-order valence-electron chi connectivity index (χ3n) is 4.61. The average molecular weight is 369 g/mol. The summed E-state index contributed by atoms with van der Waals surface area (Å²) in [7, 11) is 0. The predicted molar refractivity (Wildman–Crippen MR) is 95.9 cm³/mol. The van der Waals surface area contributed by atoms with E-state index < -0.39 is 0 Å². The average Bonchev–Trinajstić information content (AvgIpc) is 3.27. The van der Waals surface area contributed by atoms with Gasteiger partial charge in [-0.3, -0.25) is 9.20 Å². The molecule has 0 N–H and O–H groups in total. The zero-order chi connectivity index (χ0) is 18.3. The number of aryl methyl sites for hydroxylation is 1. The highest BCUT2D eigenvalue weighted by molar-refractivity contribution is 7.17. The van der Waals surface area contributed by atoms with Crippen molar-refractivity contribution in [1.82, 2.24) is 9.38 Å². The van der Waals surface area contributed by atoms with Crippen LogP contribution in [-0.2, 0) is 6.61 Å². The molecular weight excluding hydrogens is 353 g/mol. The molecule has 4 rings (SSSR count). The largest absolute Gasteiger partial charge is 0.487 e. The minimum atomic E-state index is -0.327. The van der Waals surface area contributed by atoms with Crippen LogP contribution < -0.4 is 10.3 Å². The smallest absolute Gasteiger partial charge is 0.259 e. The van der Waals surface area contributed by atoms with Crippen LogP contribution >= 0.6 is 11.3 Å². The van der Waals surface area contributed by atoms with E-state index in [0.717, 1.165) is 17.0 Å². The molecule has 0 unspecified atom stereocenters.